The number of benzene rings is 1. The monoisotopic (exact) mass is 290 g/mol. The molecule has 1 aliphatic heterocycles. The number of ether oxygens (including phenoxy) is 1. The Morgan fingerprint density at radius 3 is 2.76 bits per heavy atom. The maximum atomic E-state index is 12.3. The molecular formula is C16H22N2O3. The predicted octanol–water partition coefficient (Wildman–Crippen LogP) is 0.886. The highest BCUT2D eigenvalue weighted by atomic mass is 16.5. The normalized spacial score (nSPS) is 19.6. The molecule has 1 fully saturated rings. The van der Waals surface area contributed by atoms with E-state index in [0.717, 1.165) is 24.9 Å². The lowest BCUT2D eigenvalue weighted by molar-refractivity contribution is -0.145. The number of esters is 1. The summed E-state index contributed by atoms with van der Waals surface area (Å²) in [6.45, 7) is 1.62. The van der Waals surface area contributed by atoms with E-state index in [1.807, 2.05) is 30.3 Å². The number of piperidine rings is 1. The third-order valence-electron chi connectivity index (χ3n) is 3.75. The predicted molar refractivity (Wildman–Crippen MR) is 79.7 cm³/mol. The van der Waals surface area contributed by atoms with Crippen molar-refractivity contribution in [2.24, 2.45) is 5.92 Å². The smallest absolute Gasteiger partial charge is 0.328 e. The number of amides is 1. The lowest BCUT2D eigenvalue weighted by Crippen LogP contribution is -2.48. The average molecular weight is 290 g/mol. The Hall–Kier alpha value is -1.88. The van der Waals surface area contributed by atoms with Gasteiger partial charge < -0.3 is 15.4 Å². The SMILES string of the molecule is COC(=O)C(Cc1ccccc1)NC(=O)C1CCCNC1. The summed E-state index contributed by atoms with van der Waals surface area (Å²) < 4.78 is 4.80. The number of hydrogen-bond donors (Lipinski definition) is 2. The van der Waals surface area contributed by atoms with Crippen molar-refractivity contribution in [1.82, 2.24) is 10.6 Å². The van der Waals surface area contributed by atoms with Crippen LogP contribution in [-0.4, -0.2) is 38.1 Å². The summed E-state index contributed by atoms with van der Waals surface area (Å²) in [6, 6.07) is 8.98. The zero-order valence-corrected chi connectivity index (χ0v) is 12.3. The minimum atomic E-state index is -0.633. The van der Waals surface area contributed by atoms with Crippen molar-refractivity contribution >= 4 is 11.9 Å². The lowest BCUT2D eigenvalue weighted by Gasteiger charge is -2.24. The van der Waals surface area contributed by atoms with Crippen LogP contribution in [0.1, 0.15) is 18.4 Å². The zero-order valence-electron chi connectivity index (χ0n) is 12.3. The standard InChI is InChI=1S/C16H22N2O3/c1-21-16(20)14(10-12-6-3-2-4-7-12)18-15(19)13-8-5-9-17-11-13/h2-4,6-7,13-14,17H,5,8-11H2,1H3,(H,18,19). The van der Waals surface area contributed by atoms with Gasteiger partial charge in [0.25, 0.3) is 0 Å². The molecule has 21 heavy (non-hydrogen) atoms. The van der Waals surface area contributed by atoms with Gasteiger partial charge in [-0.1, -0.05) is 30.3 Å². The van der Waals surface area contributed by atoms with Gasteiger partial charge in [0.2, 0.25) is 5.91 Å². The molecule has 2 unspecified atom stereocenters. The van der Waals surface area contributed by atoms with Gasteiger partial charge in [0.15, 0.2) is 0 Å². The van der Waals surface area contributed by atoms with Crippen molar-refractivity contribution in [2.45, 2.75) is 25.3 Å². The van der Waals surface area contributed by atoms with Gasteiger partial charge >= 0.3 is 5.97 Å². The number of rotatable bonds is 5. The highest BCUT2D eigenvalue weighted by Crippen LogP contribution is 2.11. The van der Waals surface area contributed by atoms with Gasteiger partial charge in [-0.2, -0.15) is 0 Å². The molecular weight excluding hydrogens is 268 g/mol. The Bertz CT molecular complexity index is 470. The highest BCUT2D eigenvalue weighted by molar-refractivity contribution is 5.86. The third kappa shape index (κ3) is 4.56. The van der Waals surface area contributed by atoms with Crippen LogP contribution in [0.15, 0.2) is 30.3 Å². The molecule has 5 nitrogen and oxygen atoms in total. The van der Waals surface area contributed by atoms with Crippen LogP contribution in [0.2, 0.25) is 0 Å². The summed E-state index contributed by atoms with van der Waals surface area (Å²) in [5.74, 6) is -0.550. The molecule has 1 heterocycles. The first-order valence-electron chi connectivity index (χ1n) is 7.33. The van der Waals surface area contributed by atoms with Crippen LogP contribution < -0.4 is 10.6 Å². The van der Waals surface area contributed by atoms with Crippen molar-refractivity contribution < 1.29 is 14.3 Å². The summed E-state index contributed by atoms with van der Waals surface area (Å²) >= 11 is 0. The first-order chi connectivity index (χ1) is 10.2. The van der Waals surface area contributed by atoms with Crippen LogP contribution in [-0.2, 0) is 20.7 Å². The van der Waals surface area contributed by atoms with E-state index in [0.29, 0.717) is 13.0 Å². The maximum Gasteiger partial charge on any atom is 0.328 e. The van der Waals surface area contributed by atoms with Crippen molar-refractivity contribution in [3.63, 3.8) is 0 Å². The Labute approximate surface area is 125 Å². The molecule has 1 saturated heterocycles. The topological polar surface area (TPSA) is 67.4 Å². The van der Waals surface area contributed by atoms with Crippen molar-refractivity contribution in [2.75, 3.05) is 20.2 Å². The molecule has 0 radical (unpaired) electrons. The fraction of sp³-hybridized carbons (Fsp3) is 0.500. The van der Waals surface area contributed by atoms with E-state index in [2.05, 4.69) is 10.6 Å². The van der Waals surface area contributed by atoms with Crippen LogP contribution in [0.4, 0.5) is 0 Å². The number of nitrogens with one attached hydrogen (secondary N) is 2. The summed E-state index contributed by atoms with van der Waals surface area (Å²) in [4.78, 5) is 24.1. The van der Waals surface area contributed by atoms with E-state index < -0.39 is 12.0 Å². The molecule has 5 heteroatoms. The van der Waals surface area contributed by atoms with Crippen molar-refractivity contribution in [3.05, 3.63) is 35.9 Å². The highest BCUT2D eigenvalue weighted by Gasteiger charge is 2.27. The molecule has 0 saturated carbocycles. The zero-order chi connectivity index (χ0) is 15.1. The van der Waals surface area contributed by atoms with Crippen LogP contribution >= 0.6 is 0 Å². The molecule has 1 amide bonds. The first kappa shape index (κ1) is 15.5. The van der Waals surface area contributed by atoms with E-state index in [4.69, 9.17) is 4.74 Å². The molecule has 2 N–H and O–H groups in total. The van der Waals surface area contributed by atoms with Gasteiger partial charge in [-0.3, -0.25) is 4.79 Å². The fourth-order valence-electron chi connectivity index (χ4n) is 2.55. The van der Waals surface area contributed by atoms with E-state index in [9.17, 15) is 9.59 Å². The van der Waals surface area contributed by atoms with E-state index in [1.165, 1.54) is 7.11 Å². The summed E-state index contributed by atoms with van der Waals surface area (Å²) in [7, 11) is 1.34. The van der Waals surface area contributed by atoms with Crippen molar-refractivity contribution in [1.29, 1.82) is 0 Å². The third-order valence-corrected chi connectivity index (χ3v) is 3.75. The van der Waals surface area contributed by atoms with Gasteiger partial charge in [-0.15, -0.1) is 0 Å². The largest absolute Gasteiger partial charge is 0.467 e. The minimum absolute atomic E-state index is 0.0679. The van der Waals surface area contributed by atoms with E-state index in [-0.39, 0.29) is 11.8 Å². The van der Waals surface area contributed by atoms with E-state index >= 15 is 0 Å². The van der Waals surface area contributed by atoms with E-state index in [1.54, 1.807) is 0 Å². The second-order valence-corrected chi connectivity index (χ2v) is 5.32. The minimum Gasteiger partial charge on any atom is -0.467 e. The molecule has 0 aromatic heterocycles. The maximum absolute atomic E-state index is 12.3. The number of carbonyl (C=O) groups is 2. The molecule has 2 rings (SSSR count). The molecule has 1 aromatic carbocycles. The second-order valence-electron chi connectivity index (χ2n) is 5.32. The Morgan fingerprint density at radius 2 is 2.14 bits per heavy atom. The summed E-state index contributed by atoms with van der Waals surface area (Å²) in [6.07, 6.45) is 2.29. The van der Waals surface area contributed by atoms with Gasteiger partial charge in [0, 0.05) is 13.0 Å². The van der Waals surface area contributed by atoms with Crippen LogP contribution in [0, 0.1) is 5.92 Å². The van der Waals surface area contributed by atoms with Gasteiger partial charge in [0.1, 0.15) is 6.04 Å². The molecule has 114 valence electrons. The number of methoxy groups -OCH3 is 1. The Kier molecular flexibility index (Phi) is 5.75. The molecule has 0 bridgehead atoms. The lowest BCUT2D eigenvalue weighted by atomic mass is 9.97. The molecule has 0 spiro atoms. The number of carbonyl (C=O) groups excluding carboxylic acids is 2. The summed E-state index contributed by atoms with van der Waals surface area (Å²) in [5, 5.41) is 6.04. The summed E-state index contributed by atoms with van der Waals surface area (Å²) in [5.41, 5.74) is 0.995. The molecule has 0 aliphatic carbocycles. The van der Waals surface area contributed by atoms with Crippen molar-refractivity contribution in [3.8, 4) is 0 Å². The molecule has 1 aromatic rings. The molecule has 1 aliphatic rings. The van der Waals surface area contributed by atoms with Gasteiger partial charge in [-0.05, 0) is 24.9 Å². The Morgan fingerprint density at radius 1 is 1.38 bits per heavy atom. The fourth-order valence-corrected chi connectivity index (χ4v) is 2.55. The van der Waals surface area contributed by atoms with Crippen LogP contribution in [0.25, 0.3) is 0 Å². The van der Waals surface area contributed by atoms with Crippen LogP contribution in [0.5, 0.6) is 0 Å². The first-order valence-corrected chi connectivity index (χ1v) is 7.33. The number of hydrogen-bond acceptors (Lipinski definition) is 4. The average Bonchev–Trinajstić information content (AvgIpc) is 2.55. The van der Waals surface area contributed by atoms with Crippen LogP contribution in [0.3, 0.4) is 0 Å². The molecule has 2 atom stereocenters. The second kappa shape index (κ2) is 7.78. The Balaban J connectivity index is 1.99. The van der Waals surface area contributed by atoms with Gasteiger partial charge in [-0.25, -0.2) is 4.79 Å². The quantitative estimate of drug-likeness (QED) is 0.790. The van der Waals surface area contributed by atoms with Gasteiger partial charge in [0.05, 0.1) is 13.0 Å².